The van der Waals surface area contributed by atoms with Crippen molar-refractivity contribution >= 4 is 6.08 Å². The molecule has 0 bridgehead atoms. The summed E-state index contributed by atoms with van der Waals surface area (Å²) in [6, 6.07) is 8.66. The number of hydrogen-bond acceptors (Lipinski definition) is 0. The van der Waals surface area contributed by atoms with Gasteiger partial charge in [0.05, 0.1) is 0 Å². The van der Waals surface area contributed by atoms with Crippen LogP contribution >= 0.6 is 0 Å². The van der Waals surface area contributed by atoms with E-state index in [-0.39, 0.29) is 0 Å². The van der Waals surface area contributed by atoms with Gasteiger partial charge in [-0.2, -0.15) is 0 Å². The quantitative estimate of drug-likeness (QED) is 0.527. The monoisotopic (exact) mass is 254 g/mol. The summed E-state index contributed by atoms with van der Waals surface area (Å²) in [6.07, 6.45) is 11.2. The van der Waals surface area contributed by atoms with E-state index < -0.39 is 0 Å². The summed E-state index contributed by atoms with van der Waals surface area (Å²) in [7, 11) is 0. The zero-order valence-corrected chi connectivity index (χ0v) is 12.6. The van der Waals surface area contributed by atoms with Crippen LogP contribution in [0.1, 0.15) is 51.2 Å². The van der Waals surface area contributed by atoms with Gasteiger partial charge < -0.3 is 0 Å². The summed E-state index contributed by atoms with van der Waals surface area (Å²) < 4.78 is 0. The van der Waals surface area contributed by atoms with Gasteiger partial charge in [0.25, 0.3) is 0 Å². The Morgan fingerprint density at radius 3 is 2.26 bits per heavy atom. The summed E-state index contributed by atoms with van der Waals surface area (Å²) in [5.74, 6) is 0. The molecule has 0 aliphatic carbocycles. The minimum atomic E-state index is 1.12. The second-order valence-corrected chi connectivity index (χ2v) is 5.36. The molecule has 0 heteroatoms. The predicted molar refractivity (Wildman–Crippen MR) is 87.3 cm³/mol. The minimum absolute atomic E-state index is 1.12. The number of benzene rings is 1. The molecule has 0 atom stereocenters. The van der Waals surface area contributed by atoms with Crippen molar-refractivity contribution in [3.63, 3.8) is 0 Å². The summed E-state index contributed by atoms with van der Waals surface area (Å²) in [5.41, 5.74) is 5.51. The third kappa shape index (κ3) is 6.81. The highest BCUT2D eigenvalue weighted by Gasteiger charge is 1.93. The van der Waals surface area contributed by atoms with Crippen LogP contribution in [-0.2, 0) is 6.42 Å². The number of rotatable bonds is 7. The Kier molecular flexibility index (Phi) is 6.95. The van der Waals surface area contributed by atoms with Gasteiger partial charge in [0.1, 0.15) is 0 Å². The number of aryl methyl sites for hydroxylation is 1. The fourth-order valence-corrected chi connectivity index (χ4v) is 2.00. The summed E-state index contributed by atoms with van der Waals surface area (Å²) >= 11 is 0. The van der Waals surface area contributed by atoms with Gasteiger partial charge in [0.15, 0.2) is 0 Å². The van der Waals surface area contributed by atoms with E-state index in [0.29, 0.717) is 0 Å². The second-order valence-electron chi connectivity index (χ2n) is 5.36. The van der Waals surface area contributed by atoms with Crippen molar-refractivity contribution in [1.29, 1.82) is 0 Å². The lowest BCUT2D eigenvalue weighted by Crippen LogP contribution is -1.85. The van der Waals surface area contributed by atoms with Crippen molar-refractivity contribution in [1.82, 2.24) is 0 Å². The van der Waals surface area contributed by atoms with Crippen molar-refractivity contribution in [3.05, 3.63) is 65.3 Å². The average Bonchev–Trinajstić information content (AvgIpc) is 2.39. The van der Waals surface area contributed by atoms with Crippen LogP contribution in [0.4, 0.5) is 0 Å². The number of allylic oxidation sites excluding steroid dienone is 4. The maximum absolute atomic E-state index is 3.77. The van der Waals surface area contributed by atoms with Gasteiger partial charge in [0.2, 0.25) is 0 Å². The maximum Gasteiger partial charge on any atom is -0.0244 e. The minimum Gasteiger partial charge on any atom is -0.0985 e. The van der Waals surface area contributed by atoms with Crippen molar-refractivity contribution < 1.29 is 0 Å². The Morgan fingerprint density at radius 1 is 1.00 bits per heavy atom. The molecule has 1 aromatic rings. The second kappa shape index (κ2) is 8.53. The first kappa shape index (κ1) is 15.5. The van der Waals surface area contributed by atoms with Crippen LogP contribution in [0.2, 0.25) is 0 Å². The highest BCUT2D eigenvalue weighted by molar-refractivity contribution is 5.47. The summed E-state index contributed by atoms with van der Waals surface area (Å²) in [5, 5.41) is 0. The van der Waals surface area contributed by atoms with Crippen molar-refractivity contribution in [2.75, 3.05) is 0 Å². The van der Waals surface area contributed by atoms with Crippen molar-refractivity contribution in [3.8, 4) is 0 Å². The highest BCUT2D eigenvalue weighted by Crippen LogP contribution is 2.11. The van der Waals surface area contributed by atoms with Crippen LogP contribution in [0.25, 0.3) is 6.08 Å². The van der Waals surface area contributed by atoms with Gasteiger partial charge in [0, 0.05) is 0 Å². The lowest BCUT2D eigenvalue weighted by atomic mass is 10.0. The molecule has 1 aromatic carbocycles. The Morgan fingerprint density at radius 2 is 1.68 bits per heavy atom. The highest BCUT2D eigenvalue weighted by atomic mass is 14.0. The third-order valence-corrected chi connectivity index (χ3v) is 3.23. The molecule has 0 nitrogen and oxygen atoms in total. The smallest absolute Gasteiger partial charge is 0.0244 e. The molecule has 0 saturated heterocycles. The molecular formula is C19H26. The van der Waals surface area contributed by atoms with Gasteiger partial charge in [-0.3, -0.25) is 0 Å². The molecule has 0 amide bonds. The van der Waals surface area contributed by atoms with E-state index in [4.69, 9.17) is 0 Å². The van der Waals surface area contributed by atoms with Crippen molar-refractivity contribution in [2.24, 2.45) is 0 Å². The van der Waals surface area contributed by atoms with E-state index in [1.165, 1.54) is 35.1 Å². The molecule has 0 aliphatic rings. The molecule has 1 rings (SSSR count). The largest absolute Gasteiger partial charge is 0.0985 e. The zero-order chi connectivity index (χ0) is 14.1. The maximum atomic E-state index is 3.77. The standard InChI is InChI=1S/C19H26/c1-5-18-12-14-19(15-13-18)11-7-10-17(4)9-6-8-16(2)3/h5,8,10,12-15H,1,6-7,9,11H2,2-4H3/b17-10+. The molecule has 102 valence electrons. The Balaban J connectivity index is 2.35. The van der Waals surface area contributed by atoms with Gasteiger partial charge in [-0.25, -0.2) is 0 Å². The van der Waals surface area contributed by atoms with E-state index >= 15 is 0 Å². The molecule has 0 radical (unpaired) electrons. The van der Waals surface area contributed by atoms with E-state index in [2.05, 4.69) is 63.8 Å². The third-order valence-electron chi connectivity index (χ3n) is 3.23. The molecule has 19 heavy (non-hydrogen) atoms. The molecule has 0 fully saturated rings. The van der Waals surface area contributed by atoms with E-state index in [0.717, 1.165) is 12.8 Å². The molecule has 0 unspecified atom stereocenters. The van der Waals surface area contributed by atoms with Gasteiger partial charge in [-0.1, -0.05) is 60.2 Å². The summed E-state index contributed by atoms with van der Waals surface area (Å²) in [4.78, 5) is 0. The van der Waals surface area contributed by atoms with Crippen LogP contribution in [0.15, 0.2) is 54.1 Å². The van der Waals surface area contributed by atoms with E-state index in [9.17, 15) is 0 Å². The van der Waals surface area contributed by atoms with E-state index in [1.807, 2.05) is 6.08 Å². The lowest BCUT2D eigenvalue weighted by molar-refractivity contribution is 0.925. The average molecular weight is 254 g/mol. The molecule has 0 aromatic heterocycles. The number of hydrogen-bond donors (Lipinski definition) is 0. The molecule has 0 spiro atoms. The van der Waals surface area contributed by atoms with Crippen LogP contribution in [0.5, 0.6) is 0 Å². The van der Waals surface area contributed by atoms with Crippen molar-refractivity contribution in [2.45, 2.75) is 46.5 Å². The van der Waals surface area contributed by atoms with Gasteiger partial charge in [-0.15, -0.1) is 0 Å². The first-order valence-corrected chi connectivity index (χ1v) is 7.12. The fourth-order valence-electron chi connectivity index (χ4n) is 2.00. The fraction of sp³-hybridized carbons (Fsp3) is 0.368. The van der Waals surface area contributed by atoms with E-state index in [1.54, 1.807) is 0 Å². The molecular weight excluding hydrogens is 228 g/mol. The Labute approximate surface area is 118 Å². The van der Waals surface area contributed by atoms with Gasteiger partial charge >= 0.3 is 0 Å². The van der Waals surface area contributed by atoms with Crippen LogP contribution in [-0.4, -0.2) is 0 Å². The first-order chi connectivity index (χ1) is 9.11. The van der Waals surface area contributed by atoms with Crippen LogP contribution < -0.4 is 0 Å². The van der Waals surface area contributed by atoms with Crippen LogP contribution in [0, 0.1) is 0 Å². The predicted octanol–water partition coefficient (Wildman–Crippen LogP) is 5.95. The SMILES string of the molecule is C=Cc1ccc(CC/C=C(\C)CCC=C(C)C)cc1. The molecule has 0 saturated carbocycles. The molecule has 0 aliphatic heterocycles. The normalized spacial score (nSPS) is 11.2. The first-order valence-electron chi connectivity index (χ1n) is 7.12. The topological polar surface area (TPSA) is 0 Å². The lowest BCUT2D eigenvalue weighted by Gasteiger charge is -2.02. The Bertz CT molecular complexity index is 439. The van der Waals surface area contributed by atoms with Crippen LogP contribution in [0.3, 0.4) is 0 Å². The Hall–Kier alpha value is -1.56. The summed E-state index contributed by atoms with van der Waals surface area (Å²) in [6.45, 7) is 10.3. The zero-order valence-electron chi connectivity index (χ0n) is 12.6. The molecule has 0 N–H and O–H groups in total. The molecule has 0 heterocycles. The van der Waals surface area contributed by atoms with Gasteiger partial charge in [-0.05, 0) is 57.6 Å².